The van der Waals surface area contributed by atoms with Gasteiger partial charge in [0.05, 0.1) is 18.0 Å². The minimum absolute atomic E-state index is 0.00887. The van der Waals surface area contributed by atoms with Gasteiger partial charge in [0.25, 0.3) is 5.91 Å². The lowest BCUT2D eigenvalue weighted by molar-refractivity contribution is -0.137. The summed E-state index contributed by atoms with van der Waals surface area (Å²) in [6.07, 6.45) is 4.05. The number of nitrogens with zero attached hydrogens (tertiary/aromatic N) is 1. The van der Waals surface area contributed by atoms with Crippen molar-refractivity contribution in [3.63, 3.8) is 0 Å². The monoisotopic (exact) mass is 420 g/mol. The third kappa shape index (κ3) is 4.22. The van der Waals surface area contributed by atoms with Crippen molar-refractivity contribution in [2.45, 2.75) is 37.8 Å². The molecule has 2 aliphatic heterocycles. The van der Waals surface area contributed by atoms with Crippen LogP contribution in [0.4, 0.5) is 0 Å². The van der Waals surface area contributed by atoms with Crippen molar-refractivity contribution in [2.24, 2.45) is 0 Å². The molecule has 160 valence electrons. The Kier molecular flexibility index (Phi) is 5.61. The van der Waals surface area contributed by atoms with Crippen LogP contribution < -0.4 is 10.2 Å². The number of amides is 2. The fraction of sp³-hybridized carbons (Fsp3) is 0.292. The zero-order valence-electron chi connectivity index (χ0n) is 17.2. The van der Waals surface area contributed by atoms with Gasteiger partial charge in [0.2, 0.25) is 5.91 Å². The van der Waals surface area contributed by atoms with Gasteiger partial charge >= 0.3 is 0 Å². The summed E-state index contributed by atoms with van der Waals surface area (Å²) in [6, 6.07) is 14.9. The molecule has 0 saturated carbocycles. The number of hydroxylamine groups is 1. The van der Waals surface area contributed by atoms with E-state index in [4.69, 9.17) is 9.94 Å². The van der Waals surface area contributed by atoms with Crippen LogP contribution in [0.1, 0.15) is 53.7 Å². The summed E-state index contributed by atoms with van der Waals surface area (Å²) in [4.78, 5) is 38.4. The lowest BCUT2D eigenvalue weighted by atomic mass is 9.77. The van der Waals surface area contributed by atoms with Crippen LogP contribution in [0, 0.1) is 0 Å². The van der Waals surface area contributed by atoms with E-state index in [9.17, 15) is 14.4 Å². The van der Waals surface area contributed by atoms with Gasteiger partial charge in [-0.3, -0.25) is 19.6 Å². The van der Waals surface area contributed by atoms with Crippen LogP contribution in [0.5, 0.6) is 5.75 Å². The van der Waals surface area contributed by atoms with E-state index in [0.29, 0.717) is 36.3 Å². The molecule has 0 bridgehead atoms. The first-order valence-corrected chi connectivity index (χ1v) is 10.2. The molecule has 2 unspecified atom stereocenters. The topological polar surface area (TPSA) is 95.9 Å². The minimum Gasteiger partial charge on any atom is -0.486 e. The summed E-state index contributed by atoms with van der Waals surface area (Å²) < 4.78 is 6.41. The van der Waals surface area contributed by atoms with E-state index in [2.05, 4.69) is 0 Å². The molecular weight excluding hydrogens is 396 g/mol. The van der Waals surface area contributed by atoms with Gasteiger partial charge in [0, 0.05) is 32.4 Å². The fourth-order valence-electron chi connectivity index (χ4n) is 4.47. The summed E-state index contributed by atoms with van der Waals surface area (Å²) in [7, 11) is 0. The zero-order valence-corrected chi connectivity index (χ0v) is 17.2. The van der Waals surface area contributed by atoms with E-state index in [1.165, 1.54) is 17.6 Å². The van der Waals surface area contributed by atoms with Crippen molar-refractivity contribution >= 4 is 23.7 Å². The Labute approximate surface area is 180 Å². The smallest absolute Gasteiger partial charge is 0.267 e. The van der Waals surface area contributed by atoms with Crippen molar-refractivity contribution in [1.29, 1.82) is 0 Å². The molecular formula is C24H24N2O5. The molecule has 4 rings (SSSR count). The Morgan fingerprint density at radius 3 is 2.71 bits per heavy atom. The number of carbonyl (C=O) groups is 3. The first-order valence-electron chi connectivity index (χ1n) is 10.2. The second kappa shape index (κ2) is 8.35. The predicted molar refractivity (Wildman–Crippen MR) is 114 cm³/mol. The molecule has 1 spiro atoms. The highest BCUT2D eigenvalue weighted by Gasteiger charge is 2.47. The lowest BCUT2D eigenvalue weighted by Gasteiger charge is -2.48. The number of benzene rings is 2. The third-order valence-electron chi connectivity index (χ3n) is 5.99. The van der Waals surface area contributed by atoms with E-state index < -0.39 is 11.5 Å². The van der Waals surface area contributed by atoms with Crippen molar-refractivity contribution in [3.05, 3.63) is 71.3 Å². The molecule has 2 atom stereocenters. The molecule has 7 heteroatoms. The first-order chi connectivity index (χ1) is 14.9. The van der Waals surface area contributed by atoms with E-state index >= 15 is 0 Å². The Morgan fingerprint density at radius 1 is 1.23 bits per heavy atom. The highest BCUT2D eigenvalue weighted by atomic mass is 16.5. The van der Waals surface area contributed by atoms with Crippen LogP contribution in [-0.4, -0.2) is 39.9 Å². The Balaban J connectivity index is 1.61. The average Bonchev–Trinajstić information content (AvgIpc) is 2.78. The van der Waals surface area contributed by atoms with E-state index in [1.807, 2.05) is 35.2 Å². The van der Waals surface area contributed by atoms with Crippen molar-refractivity contribution in [2.75, 3.05) is 6.54 Å². The third-order valence-corrected chi connectivity index (χ3v) is 5.99. The van der Waals surface area contributed by atoms with Crippen LogP contribution in [0.3, 0.4) is 0 Å². The van der Waals surface area contributed by atoms with Gasteiger partial charge in [-0.05, 0) is 29.3 Å². The lowest BCUT2D eigenvalue weighted by Crippen LogP contribution is -2.53. The molecule has 2 amide bonds. The van der Waals surface area contributed by atoms with Crippen LogP contribution in [-0.2, 0) is 9.59 Å². The van der Waals surface area contributed by atoms with Crippen LogP contribution in [0.25, 0.3) is 6.08 Å². The number of Topliss-reactive ketones (excluding diaryl/α,β-unsaturated/α-hetero) is 1. The van der Waals surface area contributed by atoms with Crippen LogP contribution >= 0.6 is 0 Å². The standard InChI is InChI=1S/C24H24N2O5/c1-16(27)26-12-11-24(14-20(26)18-5-3-2-4-6-18)15-21(28)19-13-17(7-9-22(19)31-24)8-10-23(29)25-30/h2-10,13,20,30H,11-12,14-15H2,1H3,(H,25,29). The fourth-order valence-corrected chi connectivity index (χ4v) is 4.47. The summed E-state index contributed by atoms with van der Waals surface area (Å²) in [5, 5.41) is 8.59. The van der Waals surface area contributed by atoms with Crippen molar-refractivity contribution in [3.8, 4) is 5.75 Å². The van der Waals surface area contributed by atoms with Gasteiger partial charge in [-0.1, -0.05) is 36.4 Å². The average molecular weight is 420 g/mol. The molecule has 2 aliphatic rings. The zero-order chi connectivity index (χ0) is 22.0. The molecule has 0 aliphatic carbocycles. The Hall–Kier alpha value is -3.45. The van der Waals surface area contributed by atoms with Crippen LogP contribution in [0.2, 0.25) is 0 Å². The Morgan fingerprint density at radius 2 is 2.00 bits per heavy atom. The minimum atomic E-state index is -0.662. The molecule has 1 saturated heterocycles. The number of rotatable bonds is 3. The van der Waals surface area contributed by atoms with Crippen molar-refractivity contribution in [1.82, 2.24) is 10.4 Å². The number of hydrogen-bond acceptors (Lipinski definition) is 5. The molecule has 0 aromatic heterocycles. The number of carbonyl (C=O) groups excluding carboxylic acids is 3. The second-order valence-electron chi connectivity index (χ2n) is 8.04. The van der Waals surface area contributed by atoms with Gasteiger partial charge in [-0.25, -0.2) is 5.48 Å². The molecule has 2 aromatic carbocycles. The summed E-state index contributed by atoms with van der Waals surface area (Å²) in [5.41, 5.74) is 3.03. The first kappa shape index (κ1) is 20.8. The van der Waals surface area contributed by atoms with E-state index in [-0.39, 0.29) is 24.2 Å². The number of piperidine rings is 1. The highest BCUT2D eigenvalue weighted by molar-refractivity contribution is 6.01. The molecule has 2 aromatic rings. The van der Waals surface area contributed by atoms with E-state index in [0.717, 1.165) is 5.56 Å². The van der Waals surface area contributed by atoms with Gasteiger partial charge in [0.1, 0.15) is 11.4 Å². The maximum Gasteiger partial charge on any atom is 0.267 e. The molecule has 7 nitrogen and oxygen atoms in total. The van der Waals surface area contributed by atoms with Gasteiger partial charge in [0.15, 0.2) is 5.78 Å². The number of nitrogens with one attached hydrogen (secondary N) is 1. The molecule has 2 N–H and O–H groups in total. The number of likely N-dealkylation sites (tertiary alicyclic amines) is 1. The number of fused-ring (bicyclic) bond motifs is 1. The predicted octanol–water partition coefficient (Wildman–Crippen LogP) is 3.29. The van der Waals surface area contributed by atoms with Crippen molar-refractivity contribution < 1.29 is 24.3 Å². The molecule has 2 heterocycles. The second-order valence-corrected chi connectivity index (χ2v) is 8.04. The SMILES string of the molecule is CC(=O)N1CCC2(CC(=O)c3cc(C=CC(=O)NO)ccc3O2)CC1c1ccccc1. The van der Waals surface area contributed by atoms with E-state index in [1.54, 1.807) is 25.1 Å². The number of ether oxygens (including phenoxy) is 1. The highest BCUT2D eigenvalue weighted by Crippen LogP contribution is 2.45. The summed E-state index contributed by atoms with van der Waals surface area (Å²) in [5.74, 6) is -0.146. The quantitative estimate of drug-likeness (QED) is 0.451. The largest absolute Gasteiger partial charge is 0.486 e. The van der Waals surface area contributed by atoms with Gasteiger partial charge in [-0.2, -0.15) is 0 Å². The van der Waals surface area contributed by atoms with Gasteiger partial charge in [-0.15, -0.1) is 0 Å². The Bertz CT molecular complexity index is 1050. The number of hydrogen-bond donors (Lipinski definition) is 2. The number of ketones is 1. The maximum absolute atomic E-state index is 13.1. The summed E-state index contributed by atoms with van der Waals surface area (Å²) >= 11 is 0. The molecule has 31 heavy (non-hydrogen) atoms. The van der Waals surface area contributed by atoms with Gasteiger partial charge < -0.3 is 9.64 Å². The molecule has 1 fully saturated rings. The summed E-state index contributed by atoms with van der Waals surface area (Å²) in [6.45, 7) is 2.09. The normalized spacial score (nSPS) is 22.8. The van der Waals surface area contributed by atoms with Crippen LogP contribution in [0.15, 0.2) is 54.6 Å². The maximum atomic E-state index is 13.1. The molecule has 0 radical (unpaired) electrons.